The van der Waals surface area contributed by atoms with Crippen molar-refractivity contribution in [3.05, 3.63) is 115 Å². The number of anilines is 3. The zero-order valence-electron chi connectivity index (χ0n) is 35.9. The van der Waals surface area contributed by atoms with Gasteiger partial charge in [-0.2, -0.15) is 13.3 Å². The molecule has 0 saturated heterocycles. The Kier molecular flexibility index (Phi) is 47.3. The van der Waals surface area contributed by atoms with Crippen LogP contribution in [0.25, 0.3) is 4.85 Å². The second kappa shape index (κ2) is 42.9. The molecule has 0 aliphatic carbocycles. The molecule has 4 aromatic carbocycles. The number of hydrogen-bond acceptors (Lipinski definition) is 17. The monoisotopic (exact) mass is 2580 g/mol. The molecule has 0 saturated carbocycles. The van der Waals surface area contributed by atoms with Gasteiger partial charge in [0.25, 0.3) is 15.7 Å². The van der Waals surface area contributed by atoms with E-state index in [1.807, 2.05) is 0 Å². The quantitative estimate of drug-likeness (QED) is 0.0282. The number of sulfonamides is 4. The summed E-state index contributed by atoms with van der Waals surface area (Å²) in [6, 6.07) is 20.1. The third-order valence-corrected chi connectivity index (χ3v) is 94.3. The van der Waals surface area contributed by atoms with Gasteiger partial charge < -0.3 is 26.3 Å². The van der Waals surface area contributed by atoms with Crippen LogP contribution in [0, 0.1) is 16.7 Å². The Morgan fingerprint density at radius 2 is 1.18 bits per heavy atom. The van der Waals surface area contributed by atoms with Gasteiger partial charge >= 0.3 is 203 Å². The van der Waals surface area contributed by atoms with Crippen LogP contribution in [0.5, 0.6) is 0 Å². The number of halogens is 14. The molecule has 0 atom stereocenters. The number of carbonyl (C=O) groups excluding carboxylic acids is 2. The fraction of sp³-hybridized carbons (Fsp3) is 0.125. The number of fused-ring (bicyclic) bond motifs is 1. The van der Waals surface area contributed by atoms with Crippen LogP contribution in [0.3, 0.4) is 0 Å². The standard InChI is InChI=1S/C10H9BrN2O4S.C6H7BrN2O2S.C6H6N2O4S.C6H8N2O2S.C4H5NO2.I5.I4.I3/c1-2-17-10(14)9-12-7-4-3-6(11)5-8(7)18(15,16)13-9;7-4-1-2-5(8)6(3-4)12(9,10)11;7-13(11,12)6-4-2-1-3-5(6)8(9)10;7-5-3-1-2-4-6(5)11(8,9)10;1-3-7-4(6)5-2;1-4-5(2)3;1-4(2)3;1-3-2/h3-5H,2H2,1H3,(H,12,13);1-3H,8H2,(H2,9,10,11);1-4H,(H2,7,11,12);1-4H,7H2,(H2,8,9,10);3H2,1H3;;;/q;;;;;-1;;-1. The minimum atomic E-state index is -4.02. The van der Waals surface area contributed by atoms with Crippen molar-refractivity contribution >= 4 is 277 Å². The Balaban J connectivity index is -0.000000811. The molecule has 0 unspecified atom stereocenters. The third kappa shape index (κ3) is 38.6. The number of nitrogen functional groups attached to an aromatic ring is 2. The number of para-hydroxylation sites is 2. The molecule has 11 N–H and O–H groups in total. The molecule has 0 fully saturated rings. The fourth-order valence-corrected chi connectivity index (χ4v) is 8.13. The van der Waals surface area contributed by atoms with E-state index in [0.29, 0.717) is 41.1 Å². The third-order valence-electron chi connectivity index (χ3n) is 6.43. The van der Waals surface area contributed by atoms with E-state index in [4.69, 9.17) is 38.2 Å². The number of amidine groups is 1. The van der Waals surface area contributed by atoms with Crippen molar-refractivity contribution in [1.82, 2.24) is 0 Å². The van der Waals surface area contributed by atoms with E-state index in [9.17, 15) is 53.4 Å². The van der Waals surface area contributed by atoms with E-state index in [1.165, 1.54) is 42.5 Å². The van der Waals surface area contributed by atoms with Gasteiger partial charge in [0.05, 0.1) is 35.2 Å². The molecule has 416 valence electrons. The van der Waals surface area contributed by atoms with Crippen molar-refractivity contribution in [2.75, 3.05) is 30.0 Å². The van der Waals surface area contributed by atoms with Crippen molar-refractivity contribution in [3.63, 3.8) is 0 Å². The molecule has 23 nitrogen and oxygen atoms in total. The fourth-order valence-electron chi connectivity index (χ4n) is 3.92. The maximum absolute atomic E-state index is 11.9. The normalized spacial score (nSPS) is 12.0. The first-order valence-electron chi connectivity index (χ1n) is 17.2. The number of benzene rings is 4. The molecular formula is C32H35Br2I12N9O14S4-2. The van der Waals surface area contributed by atoms with E-state index in [1.54, 1.807) is 44.2 Å². The average Bonchev–Trinajstić information content (AvgIpc) is 3.27. The number of nitro groups is 1. The number of nitrogens with one attached hydrogen (secondary N) is 1. The summed E-state index contributed by atoms with van der Waals surface area (Å²) >= 11 is 27.4. The van der Waals surface area contributed by atoms with E-state index in [-0.39, 0.29) is 60.9 Å². The summed E-state index contributed by atoms with van der Waals surface area (Å²) < 4.78 is 102. The minimum Gasteiger partial charge on any atom is -0.486 e. The molecule has 0 aromatic heterocycles. The summed E-state index contributed by atoms with van der Waals surface area (Å²) in [6.45, 7) is 9.77. The molecule has 1 heterocycles. The van der Waals surface area contributed by atoms with Gasteiger partial charge in [0.2, 0.25) is 35.9 Å². The molecule has 41 heteroatoms. The summed E-state index contributed by atoms with van der Waals surface area (Å²) in [5, 5.41) is 27.5. The van der Waals surface area contributed by atoms with Crippen molar-refractivity contribution in [2.45, 2.75) is 33.4 Å². The predicted molar refractivity (Wildman–Crippen MR) is 369 cm³/mol. The molecule has 73 heavy (non-hydrogen) atoms. The van der Waals surface area contributed by atoms with Crippen LogP contribution < -0.4 is 58.7 Å². The second-order valence-electron chi connectivity index (χ2n) is 11.2. The van der Waals surface area contributed by atoms with Crippen molar-refractivity contribution < 1.29 is 84.2 Å². The van der Waals surface area contributed by atoms with E-state index < -0.39 is 67.7 Å². The number of nitro benzene ring substituents is 1. The molecule has 1 aliphatic heterocycles. The van der Waals surface area contributed by atoms with Crippen LogP contribution in [-0.2, 0) is 54.4 Å². The van der Waals surface area contributed by atoms with E-state index >= 15 is 0 Å². The summed E-state index contributed by atoms with van der Waals surface area (Å²) in [7, 11) is -15.9. The molecule has 0 radical (unpaired) electrons. The zero-order valence-corrected chi connectivity index (χ0v) is 68.2. The first-order chi connectivity index (χ1) is 33.5. The number of rotatable bonds is 8. The minimum absolute atomic E-state index is 0.0184. The van der Waals surface area contributed by atoms with Crippen LogP contribution in [0.4, 0.5) is 27.5 Å². The Hall–Kier alpha value is 3.18. The Morgan fingerprint density at radius 3 is 1.53 bits per heavy atom. The predicted octanol–water partition coefficient (Wildman–Crippen LogP) is 6.29. The van der Waals surface area contributed by atoms with Gasteiger partial charge in [-0.15, -0.1) is 4.40 Å². The number of carbonyl (C=O) groups is 2. The average molecular weight is 2580 g/mol. The van der Waals surface area contributed by atoms with Crippen LogP contribution in [0.15, 0.2) is 118 Å². The summed E-state index contributed by atoms with van der Waals surface area (Å²) in [4.78, 5) is 32.8. The number of hydrogen-bond donors (Lipinski definition) is 6. The van der Waals surface area contributed by atoms with Gasteiger partial charge in [0.1, 0.15) is 21.3 Å². The van der Waals surface area contributed by atoms with Gasteiger partial charge in [-0.3, -0.25) is 14.9 Å². The number of nitrogens with two attached hydrogens (primary N) is 5. The molecule has 1 amide bonds. The first-order valence-corrected chi connectivity index (χ1v) is 81.5. The topological polar surface area (TPSA) is 391 Å². The van der Waals surface area contributed by atoms with Crippen molar-refractivity contribution in [3.8, 4) is 0 Å². The summed E-state index contributed by atoms with van der Waals surface area (Å²) in [5.74, 6) is -1.12. The van der Waals surface area contributed by atoms with Crippen LogP contribution in [0.2, 0.25) is 0 Å². The van der Waals surface area contributed by atoms with E-state index in [0.717, 1.165) is 12.1 Å². The van der Waals surface area contributed by atoms with Crippen LogP contribution in [-0.4, -0.2) is 69.7 Å². The second-order valence-corrected chi connectivity index (χ2v) is 149. The molecule has 4 aromatic rings. The van der Waals surface area contributed by atoms with Crippen molar-refractivity contribution in [1.29, 1.82) is 0 Å². The van der Waals surface area contributed by atoms with Gasteiger partial charge in [0.15, 0.2) is 4.90 Å². The molecule has 0 bridgehead atoms. The largest absolute Gasteiger partial charge is 0.561 e. The Morgan fingerprint density at radius 1 is 0.767 bits per heavy atom. The molecule has 5 rings (SSSR count). The molecule has 0 spiro atoms. The molecular weight excluding hydrogens is 2550 g/mol. The zero-order chi connectivity index (χ0) is 57.5. The number of amides is 1. The Labute approximate surface area is 548 Å². The van der Waals surface area contributed by atoms with E-state index in [2.05, 4.69) is 200 Å². The van der Waals surface area contributed by atoms with Gasteiger partial charge in [-0.25, -0.2) is 45.5 Å². The summed E-state index contributed by atoms with van der Waals surface area (Å²) in [5.41, 5.74) is 10.9. The summed E-state index contributed by atoms with van der Waals surface area (Å²) in [6.07, 6.45) is -0.831. The first kappa shape index (κ1) is 80.4. The maximum atomic E-state index is 11.9. The SMILES string of the molecule is CCOC(=O)C1=NS(=O)(=O)c2cc(Br)ccc2N1.II(I)I.I[I-]I.I[I-]I(I)I.NS(=O)(=O)c1ccccc1[N+](=O)[O-].Nc1ccc(Br)cc1S(N)(=O)=O.Nc1ccccc1S(N)(=O)=O.[C-]#[N+]C(=O)OCC. The maximum Gasteiger partial charge on any atom is 0.561 e. The Bertz CT molecular complexity index is 2970. The smallest absolute Gasteiger partial charge is 0.486 e. The van der Waals surface area contributed by atoms with Gasteiger partial charge in [-0.1, -0.05) is 56.1 Å². The number of ether oxygens (including phenoxy) is 2. The van der Waals surface area contributed by atoms with Crippen LogP contribution in [0.1, 0.15) is 13.8 Å². The van der Waals surface area contributed by atoms with Gasteiger partial charge in [0, 0.05) is 15.0 Å². The number of esters is 1. The van der Waals surface area contributed by atoms with Gasteiger partial charge in [-0.05, 0) is 68.4 Å². The van der Waals surface area contributed by atoms with Crippen LogP contribution >= 0.6 is 197 Å². The number of nitrogens with zero attached hydrogens (tertiary/aromatic N) is 3. The van der Waals surface area contributed by atoms with Crippen molar-refractivity contribution in [2.24, 2.45) is 19.8 Å². The molecule has 1 aliphatic rings. The number of primary sulfonamides is 3.